The molecule has 0 spiro atoms. The summed E-state index contributed by atoms with van der Waals surface area (Å²) < 4.78 is 0. The summed E-state index contributed by atoms with van der Waals surface area (Å²) in [5, 5.41) is 7.00. The Labute approximate surface area is 243 Å². The molecule has 2 aliphatic carbocycles. The van der Waals surface area contributed by atoms with Crippen LogP contribution in [0.25, 0.3) is 0 Å². The Morgan fingerprint density at radius 2 is 1.44 bits per heavy atom. The first kappa shape index (κ1) is 36.6. The van der Waals surface area contributed by atoms with Gasteiger partial charge in [0.15, 0.2) is 0 Å². The van der Waals surface area contributed by atoms with Crippen molar-refractivity contribution < 1.29 is 5.11 Å². The number of aryl methyl sites for hydroxylation is 1. The standard InChI is InChI=1S/C25H36.C8H10.C4H10.CH4O/c1-17(2)19(4)11-10-18(3)14-21-16-23-22(15-20(21)5)24(6,7)12-13-25(23,8)9;1-3-8-5-4-7(2)6-8;1-4(2)3;1-2/h10-11,15-16H,1,12-14H2,2-9H3;3-6,8H,1H2,2H3;4H,1-3H3;2H,1H3/b18-10+,19-11+;;;. The molecule has 0 radical (unpaired) electrons. The molecule has 218 valence electrons. The molecule has 0 saturated carbocycles. The Morgan fingerprint density at radius 3 is 1.82 bits per heavy atom. The lowest BCUT2D eigenvalue weighted by atomic mass is 9.62. The summed E-state index contributed by atoms with van der Waals surface area (Å²) in [6, 6.07) is 4.96. The van der Waals surface area contributed by atoms with Gasteiger partial charge in [0.25, 0.3) is 0 Å². The van der Waals surface area contributed by atoms with E-state index in [1.807, 2.05) is 6.08 Å². The summed E-state index contributed by atoms with van der Waals surface area (Å²) in [5.41, 5.74) is 11.7. The molecule has 0 aromatic heterocycles. The van der Waals surface area contributed by atoms with E-state index in [2.05, 4.69) is 139 Å². The van der Waals surface area contributed by atoms with E-state index in [1.54, 1.807) is 11.1 Å². The molecule has 3 rings (SSSR count). The fourth-order valence-electron chi connectivity index (χ4n) is 4.55. The van der Waals surface area contributed by atoms with Crippen LogP contribution in [0.4, 0.5) is 0 Å². The SMILES string of the molecule is C=C(C)/C(C)=C/C=C(\C)Cc1cc2c(cc1C)C(C)(C)CCC2(C)C.C=CC1C=CC(C)=C1.CC(C)C.CO. The van der Waals surface area contributed by atoms with Crippen LogP contribution < -0.4 is 0 Å². The molecule has 1 unspecified atom stereocenters. The summed E-state index contributed by atoms with van der Waals surface area (Å²) in [6.45, 7) is 34.6. The Kier molecular flexibility index (Phi) is 15.6. The van der Waals surface area contributed by atoms with Gasteiger partial charge in [0.1, 0.15) is 0 Å². The van der Waals surface area contributed by atoms with Gasteiger partial charge in [0.05, 0.1) is 0 Å². The molecule has 0 heterocycles. The monoisotopic (exact) mass is 532 g/mol. The van der Waals surface area contributed by atoms with E-state index < -0.39 is 0 Å². The lowest BCUT2D eigenvalue weighted by Crippen LogP contribution is -2.34. The van der Waals surface area contributed by atoms with Crippen LogP contribution in [0.3, 0.4) is 0 Å². The van der Waals surface area contributed by atoms with Crippen LogP contribution in [-0.2, 0) is 17.3 Å². The zero-order valence-corrected chi connectivity index (χ0v) is 27.8. The first-order chi connectivity index (χ1) is 18.0. The van der Waals surface area contributed by atoms with Gasteiger partial charge in [-0.1, -0.05) is 120 Å². The van der Waals surface area contributed by atoms with Crippen molar-refractivity contribution in [3.63, 3.8) is 0 Å². The van der Waals surface area contributed by atoms with Crippen LogP contribution in [0.5, 0.6) is 0 Å². The maximum atomic E-state index is 7.00. The van der Waals surface area contributed by atoms with Crippen molar-refractivity contribution in [2.45, 2.75) is 113 Å². The molecule has 1 N–H and O–H groups in total. The Hall–Kier alpha value is -2.38. The molecule has 0 aliphatic heterocycles. The molecule has 1 aromatic rings. The molecule has 39 heavy (non-hydrogen) atoms. The van der Waals surface area contributed by atoms with Crippen molar-refractivity contribution in [3.8, 4) is 0 Å². The number of fused-ring (bicyclic) bond motifs is 1. The fourth-order valence-corrected chi connectivity index (χ4v) is 4.55. The van der Waals surface area contributed by atoms with Gasteiger partial charge in [-0.15, -0.1) is 6.58 Å². The molecule has 0 saturated heterocycles. The summed E-state index contributed by atoms with van der Waals surface area (Å²) in [6.07, 6.45) is 16.4. The average Bonchev–Trinajstić information content (AvgIpc) is 3.28. The van der Waals surface area contributed by atoms with Crippen LogP contribution in [0, 0.1) is 18.8 Å². The van der Waals surface area contributed by atoms with E-state index in [0.717, 1.165) is 25.0 Å². The Morgan fingerprint density at radius 1 is 0.949 bits per heavy atom. The van der Waals surface area contributed by atoms with Crippen LogP contribution in [0.2, 0.25) is 0 Å². The maximum Gasteiger partial charge on any atom is 0.0319 e. The van der Waals surface area contributed by atoms with Crippen molar-refractivity contribution >= 4 is 0 Å². The lowest BCUT2D eigenvalue weighted by Gasteiger charge is -2.42. The predicted octanol–water partition coefficient (Wildman–Crippen LogP) is 10.9. The number of aliphatic hydroxyl groups is 1. The molecule has 0 amide bonds. The van der Waals surface area contributed by atoms with Crippen molar-refractivity contribution in [2.24, 2.45) is 11.8 Å². The van der Waals surface area contributed by atoms with E-state index in [4.69, 9.17) is 5.11 Å². The van der Waals surface area contributed by atoms with Crippen LogP contribution >= 0.6 is 0 Å². The highest BCUT2D eigenvalue weighted by Gasteiger charge is 2.37. The molecular weight excluding hydrogens is 472 g/mol. The second-order valence-corrected chi connectivity index (χ2v) is 13.2. The normalized spacial score (nSPS) is 18.8. The second-order valence-electron chi connectivity index (χ2n) is 13.2. The average molecular weight is 533 g/mol. The largest absolute Gasteiger partial charge is 0.400 e. The van der Waals surface area contributed by atoms with Crippen LogP contribution in [-0.4, -0.2) is 12.2 Å². The van der Waals surface area contributed by atoms with E-state index in [0.29, 0.717) is 11.3 Å². The maximum absolute atomic E-state index is 7.00. The third-order valence-electron chi connectivity index (χ3n) is 7.38. The second kappa shape index (κ2) is 16.7. The van der Waals surface area contributed by atoms with E-state index in [-0.39, 0.29) is 5.41 Å². The summed E-state index contributed by atoms with van der Waals surface area (Å²) in [7, 11) is 1.00. The van der Waals surface area contributed by atoms with Crippen molar-refractivity contribution in [3.05, 3.63) is 106 Å². The number of aliphatic hydroxyl groups excluding tert-OH is 1. The fraction of sp³-hybridized carbons (Fsp3) is 0.526. The van der Waals surface area contributed by atoms with Gasteiger partial charge in [0.2, 0.25) is 0 Å². The van der Waals surface area contributed by atoms with Gasteiger partial charge in [-0.25, -0.2) is 0 Å². The topological polar surface area (TPSA) is 20.2 Å². The molecular formula is C38H60O. The van der Waals surface area contributed by atoms with Crippen molar-refractivity contribution in [1.82, 2.24) is 0 Å². The molecule has 2 aliphatic rings. The highest BCUT2D eigenvalue weighted by molar-refractivity contribution is 5.48. The van der Waals surface area contributed by atoms with Gasteiger partial charge in [0, 0.05) is 13.0 Å². The lowest BCUT2D eigenvalue weighted by molar-refractivity contribution is 0.331. The van der Waals surface area contributed by atoms with Crippen LogP contribution in [0.1, 0.15) is 111 Å². The molecule has 0 fully saturated rings. The Balaban J connectivity index is 0.000000847. The first-order valence-electron chi connectivity index (χ1n) is 14.6. The molecule has 1 nitrogen and oxygen atoms in total. The number of benzene rings is 1. The summed E-state index contributed by atoms with van der Waals surface area (Å²) in [4.78, 5) is 0. The molecule has 1 heteroatoms. The van der Waals surface area contributed by atoms with E-state index in [9.17, 15) is 0 Å². The molecule has 1 aromatic carbocycles. The van der Waals surface area contributed by atoms with Gasteiger partial charge in [-0.3, -0.25) is 0 Å². The number of allylic oxidation sites excluding steroid dienone is 10. The number of rotatable bonds is 5. The molecule has 0 bridgehead atoms. The predicted molar refractivity (Wildman–Crippen MR) is 178 cm³/mol. The highest BCUT2D eigenvalue weighted by atomic mass is 16.2. The minimum Gasteiger partial charge on any atom is -0.400 e. The van der Waals surface area contributed by atoms with Gasteiger partial charge >= 0.3 is 0 Å². The Bertz CT molecular complexity index is 1060. The van der Waals surface area contributed by atoms with Crippen LogP contribution in [0.15, 0.2) is 84.0 Å². The zero-order chi connectivity index (χ0) is 30.6. The molecule has 1 atom stereocenters. The van der Waals surface area contributed by atoms with Gasteiger partial charge in [-0.2, -0.15) is 0 Å². The minimum absolute atomic E-state index is 0.279. The summed E-state index contributed by atoms with van der Waals surface area (Å²) >= 11 is 0. The van der Waals surface area contributed by atoms with E-state index in [1.165, 1.54) is 40.7 Å². The number of hydrogen-bond acceptors (Lipinski definition) is 1. The quantitative estimate of drug-likeness (QED) is 0.295. The highest BCUT2D eigenvalue weighted by Crippen LogP contribution is 2.46. The third-order valence-corrected chi connectivity index (χ3v) is 7.38. The van der Waals surface area contributed by atoms with Gasteiger partial charge < -0.3 is 5.11 Å². The van der Waals surface area contributed by atoms with Crippen molar-refractivity contribution in [2.75, 3.05) is 7.11 Å². The minimum atomic E-state index is 0.279. The third kappa shape index (κ3) is 12.6. The zero-order valence-electron chi connectivity index (χ0n) is 27.8. The van der Waals surface area contributed by atoms with Crippen molar-refractivity contribution in [1.29, 1.82) is 0 Å². The van der Waals surface area contributed by atoms with E-state index >= 15 is 0 Å². The number of hydrogen-bond donors (Lipinski definition) is 1. The first-order valence-corrected chi connectivity index (χ1v) is 14.6. The smallest absolute Gasteiger partial charge is 0.0319 e. The summed E-state index contributed by atoms with van der Waals surface area (Å²) in [5.74, 6) is 1.33. The van der Waals surface area contributed by atoms with Gasteiger partial charge in [-0.05, 0) is 98.5 Å².